The Morgan fingerprint density at radius 3 is 2.16 bits per heavy atom. The van der Waals surface area contributed by atoms with Crippen molar-refractivity contribution in [1.82, 2.24) is 10.2 Å². The minimum Gasteiger partial charge on any atom is -0.350 e. The summed E-state index contributed by atoms with van der Waals surface area (Å²) in [6, 6.07) is 6.11. The topological polar surface area (TPSA) is 110 Å². The van der Waals surface area contributed by atoms with Crippen molar-refractivity contribution in [2.24, 2.45) is 5.14 Å². The molecule has 0 aromatic heterocycles. The molecule has 0 bridgehead atoms. The highest BCUT2D eigenvalue weighted by atomic mass is 32.2. The average molecular weight is 369 g/mol. The molecule has 0 heterocycles. The first-order chi connectivity index (χ1) is 11.4. The van der Waals surface area contributed by atoms with Crippen molar-refractivity contribution in [2.75, 3.05) is 13.1 Å². The highest BCUT2D eigenvalue weighted by Crippen LogP contribution is 2.11. The normalized spacial score (nSPS) is 11.9. The van der Waals surface area contributed by atoms with Crippen molar-refractivity contribution < 1.29 is 18.0 Å². The Kier molecular flexibility index (Phi) is 7.13. The molecule has 2 amide bonds. The second-order valence-corrected chi connectivity index (χ2v) is 8.46. The van der Waals surface area contributed by atoms with Gasteiger partial charge in [-0.2, -0.15) is 0 Å². The summed E-state index contributed by atoms with van der Waals surface area (Å²) in [5.74, 6) is -0.317. The molecular weight excluding hydrogens is 342 g/mol. The molecule has 1 rings (SSSR count). The van der Waals surface area contributed by atoms with E-state index in [1.165, 1.54) is 17.0 Å². The number of aryl methyl sites for hydroxylation is 1. The van der Waals surface area contributed by atoms with Crippen LogP contribution in [0.5, 0.6) is 0 Å². The van der Waals surface area contributed by atoms with Crippen LogP contribution in [0.15, 0.2) is 29.2 Å². The van der Waals surface area contributed by atoms with Gasteiger partial charge in [0.25, 0.3) is 0 Å². The molecule has 25 heavy (non-hydrogen) atoms. The third-order valence-electron chi connectivity index (χ3n) is 3.46. The van der Waals surface area contributed by atoms with E-state index >= 15 is 0 Å². The molecule has 8 heteroatoms. The lowest BCUT2D eigenvalue weighted by molar-refractivity contribution is -0.136. The van der Waals surface area contributed by atoms with Crippen molar-refractivity contribution in [3.05, 3.63) is 29.8 Å². The summed E-state index contributed by atoms with van der Waals surface area (Å²) in [5, 5.41) is 7.88. The molecule has 0 atom stereocenters. The fourth-order valence-electron chi connectivity index (χ4n) is 2.26. The van der Waals surface area contributed by atoms with Crippen LogP contribution in [-0.4, -0.2) is 43.8 Å². The lowest BCUT2D eigenvalue weighted by atomic mass is 10.1. The van der Waals surface area contributed by atoms with Crippen molar-refractivity contribution in [3.8, 4) is 0 Å². The standard InChI is InChI=1S/C17H27N3O4S/c1-5-20(12-15(21)19-17(2,3)4)16(22)11-8-13-6-9-14(10-7-13)25(18,23)24/h6-7,9-10H,5,8,11-12H2,1-4H3,(H,19,21)(H2,18,23,24). The number of rotatable bonds is 7. The number of carbonyl (C=O) groups excluding carboxylic acids is 2. The monoisotopic (exact) mass is 369 g/mol. The number of carbonyl (C=O) groups is 2. The van der Waals surface area contributed by atoms with Crippen molar-refractivity contribution in [3.63, 3.8) is 0 Å². The Morgan fingerprint density at radius 2 is 1.72 bits per heavy atom. The van der Waals surface area contributed by atoms with Gasteiger partial charge in [-0.05, 0) is 51.8 Å². The average Bonchev–Trinajstić information content (AvgIpc) is 2.48. The highest BCUT2D eigenvalue weighted by Gasteiger charge is 2.19. The maximum Gasteiger partial charge on any atom is 0.240 e. The number of nitrogens with one attached hydrogen (secondary N) is 1. The quantitative estimate of drug-likeness (QED) is 0.748. The van der Waals surface area contributed by atoms with Crippen LogP contribution in [0.3, 0.4) is 0 Å². The van der Waals surface area contributed by atoms with Gasteiger partial charge in [0.15, 0.2) is 0 Å². The van der Waals surface area contributed by atoms with Gasteiger partial charge >= 0.3 is 0 Å². The third-order valence-corrected chi connectivity index (χ3v) is 4.39. The van der Waals surface area contributed by atoms with Gasteiger partial charge in [0.1, 0.15) is 0 Å². The van der Waals surface area contributed by atoms with E-state index in [4.69, 9.17) is 5.14 Å². The summed E-state index contributed by atoms with van der Waals surface area (Å²) >= 11 is 0. The van der Waals surface area contributed by atoms with E-state index in [9.17, 15) is 18.0 Å². The first-order valence-corrected chi connectivity index (χ1v) is 9.67. The molecule has 0 spiro atoms. The summed E-state index contributed by atoms with van der Waals surface area (Å²) in [6.45, 7) is 7.94. The lowest BCUT2D eigenvalue weighted by Gasteiger charge is -2.25. The molecular formula is C17H27N3O4S. The number of nitrogens with zero attached hydrogens (tertiary/aromatic N) is 1. The molecule has 0 unspecified atom stereocenters. The number of benzene rings is 1. The van der Waals surface area contributed by atoms with E-state index in [0.29, 0.717) is 13.0 Å². The van der Waals surface area contributed by atoms with Gasteiger partial charge < -0.3 is 10.2 Å². The zero-order chi connectivity index (χ0) is 19.3. The second-order valence-electron chi connectivity index (χ2n) is 6.90. The van der Waals surface area contributed by atoms with E-state index in [1.54, 1.807) is 12.1 Å². The zero-order valence-electron chi connectivity index (χ0n) is 15.2. The number of hydrogen-bond donors (Lipinski definition) is 2. The number of hydrogen-bond acceptors (Lipinski definition) is 4. The smallest absolute Gasteiger partial charge is 0.240 e. The number of nitrogens with two attached hydrogens (primary N) is 1. The minimum atomic E-state index is -3.72. The fourth-order valence-corrected chi connectivity index (χ4v) is 2.78. The van der Waals surface area contributed by atoms with E-state index in [1.807, 2.05) is 27.7 Å². The Labute approximate surface area is 149 Å². The Hall–Kier alpha value is -1.93. The molecule has 0 aliphatic rings. The predicted octanol–water partition coefficient (Wildman–Crippen LogP) is 1.03. The van der Waals surface area contributed by atoms with E-state index < -0.39 is 10.0 Å². The van der Waals surface area contributed by atoms with Crippen LogP contribution in [0.1, 0.15) is 39.7 Å². The molecule has 0 aliphatic heterocycles. The van der Waals surface area contributed by atoms with Crippen molar-refractivity contribution in [1.29, 1.82) is 0 Å². The van der Waals surface area contributed by atoms with Gasteiger partial charge in [0.2, 0.25) is 21.8 Å². The van der Waals surface area contributed by atoms with Gasteiger partial charge in [-0.3, -0.25) is 9.59 Å². The molecule has 3 N–H and O–H groups in total. The molecule has 1 aromatic carbocycles. The molecule has 0 saturated heterocycles. The van der Waals surface area contributed by atoms with Gasteiger partial charge in [-0.15, -0.1) is 0 Å². The number of sulfonamides is 1. The number of amides is 2. The molecule has 140 valence electrons. The van der Waals surface area contributed by atoms with Gasteiger partial charge in [0.05, 0.1) is 11.4 Å². The zero-order valence-corrected chi connectivity index (χ0v) is 16.0. The van der Waals surface area contributed by atoms with Crippen molar-refractivity contribution >= 4 is 21.8 Å². The maximum atomic E-state index is 12.3. The molecule has 7 nitrogen and oxygen atoms in total. The van der Waals surface area contributed by atoms with Crippen LogP contribution in [0.25, 0.3) is 0 Å². The van der Waals surface area contributed by atoms with Gasteiger partial charge in [-0.1, -0.05) is 12.1 Å². The fraction of sp³-hybridized carbons (Fsp3) is 0.529. The lowest BCUT2D eigenvalue weighted by Crippen LogP contribution is -2.47. The summed E-state index contributed by atoms with van der Waals surface area (Å²) in [5.41, 5.74) is 0.487. The Morgan fingerprint density at radius 1 is 1.16 bits per heavy atom. The molecule has 0 aliphatic carbocycles. The molecule has 1 aromatic rings. The minimum absolute atomic E-state index is 0.0248. The summed E-state index contributed by atoms with van der Waals surface area (Å²) < 4.78 is 22.4. The van der Waals surface area contributed by atoms with Gasteiger partial charge in [-0.25, -0.2) is 13.6 Å². The van der Waals surface area contributed by atoms with E-state index in [-0.39, 0.29) is 35.2 Å². The second kappa shape index (κ2) is 8.44. The van der Waals surface area contributed by atoms with Crippen LogP contribution >= 0.6 is 0 Å². The summed E-state index contributed by atoms with van der Waals surface area (Å²) in [6.07, 6.45) is 0.701. The SMILES string of the molecule is CCN(CC(=O)NC(C)(C)C)C(=O)CCc1ccc(S(N)(=O)=O)cc1. The van der Waals surface area contributed by atoms with Crippen LogP contribution < -0.4 is 10.5 Å². The van der Waals surface area contributed by atoms with E-state index in [0.717, 1.165) is 5.56 Å². The summed E-state index contributed by atoms with van der Waals surface area (Å²) in [7, 11) is -3.72. The molecule has 0 radical (unpaired) electrons. The molecule has 0 fully saturated rings. The number of primary sulfonamides is 1. The van der Waals surface area contributed by atoms with Crippen LogP contribution in [0.2, 0.25) is 0 Å². The number of likely N-dealkylation sites (N-methyl/N-ethyl adjacent to an activating group) is 1. The third kappa shape index (κ3) is 7.66. The summed E-state index contributed by atoms with van der Waals surface area (Å²) in [4.78, 5) is 25.8. The Bertz CT molecular complexity index is 706. The predicted molar refractivity (Wildman–Crippen MR) is 96.3 cm³/mol. The maximum absolute atomic E-state index is 12.3. The highest BCUT2D eigenvalue weighted by molar-refractivity contribution is 7.89. The van der Waals surface area contributed by atoms with Crippen LogP contribution in [-0.2, 0) is 26.0 Å². The first kappa shape index (κ1) is 21.1. The molecule has 0 saturated carbocycles. The van der Waals surface area contributed by atoms with Crippen LogP contribution in [0, 0.1) is 0 Å². The van der Waals surface area contributed by atoms with Crippen molar-refractivity contribution in [2.45, 2.75) is 51.0 Å². The Balaban J connectivity index is 2.60. The first-order valence-electron chi connectivity index (χ1n) is 8.13. The van der Waals surface area contributed by atoms with E-state index in [2.05, 4.69) is 5.32 Å². The van der Waals surface area contributed by atoms with Gasteiger partial charge in [0, 0.05) is 18.5 Å². The largest absolute Gasteiger partial charge is 0.350 e. The van der Waals surface area contributed by atoms with Crippen LogP contribution in [0.4, 0.5) is 0 Å².